The van der Waals surface area contributed by atoms with E-state index in [0.29, 0.717) is 6.04 Å². The number of rotatable bonds is 3. The molecular weight excluding hydrogens is 154 g/mol. The summed E-state index contributed by atoms with van der Waals surface area (Å²) in [6.07, 6.45) is 1.21. The fourth-order valence-electron chi connectivity index (χ4n) is 1.39. The molecule has 1 aliphatic rings. The average molecular weight is 167 g/mol. The Morgan fingerprint density at radius 2 is 2.42 bits per heavy atom. The van der Waals surface area contributed by atoms with Crippen molar-refractivity contribution >= 4 is 0 Å². The third-order valence-electron chi connectivity index (χ3n) is 2.28. The summed E-state index contributed by atoms with van der Waals surface area (Å²) in [5.74, 6) is 1.68. The normalized spacial score (nSPS) is 27.5. The summed E-state index contributed by atoms with van der Waals surface area (Å²) in [5.41, 5.74) is 0. The van der Waals surface area contributed by atoms with Crippen LogP contribution in [0.5, 0.6) is 0 Å². The molecule has 1 aromatic rings. The Kier molecular flexibility index (Phi) is 1.80. The number of tetrazole rings is 1. The van der Waals surface area contributed by atoms with Crippen LogP contribution in [0.4, 0.5) is 0 Å². The van der Waals surface area contributed by atoms with E-state index in [1.54, 1.807) is 0 Å². The maximum Gasteiger partial charge on any atom is 0.165 e. The Morgan fingerprint density at radius 3 is 3.00 bits per heavy atom. The zero-order valence-electron chi connectivity index (χ0n) is 7.36. The van der Waals surface area contributed by atoms with E-state index < -0.39 is 0 Å². The molecule has 5 heteroatoms. The molecule has 1 fully saturated rings. The van der Waals surface area contributed by atoms with Crippen LogP contribution in [-0.4, -0.2) is 27.3 Å². The quantitative estimate of drug-likeness (QED) is 0.687. The summed E-state index contributed by atoms with van der Waals surface area (Å²) in [6.45, 7) is 2.96. The van der Waals surface area contributed by atoms with Gasteiger partial charge in [-0.1, -0.05) is 6.92 Å². The number of hydrogen-bond donors (Lipinski definition) is 1. The van der Waals surface area contributed by atoms with Crippen LogP contribution >= 0.6 is 0 Å². The minimum absolute atomic E-state index is 0.545. The van der Waals surface area contributed by atoms with Gasteiger partial charge in [-0.05, 0) is 29.8 Å². The first kappa shape index (κ1) is 7.67. The minimum atomic E-state index is 0.545. The molecule has 0 amide bonds. The van der Waals surface area contributed by atoms with Gasteiger partial charge in [0.1, 0.15) is 0 Å². The molecular formula is C7H13N5. The molecule has 1 aliphatic carbocycles. The highest BCUT2D eigenvalue weighted by molar-refractivity contribution is 4.93. The molecule has 0 saturated heterocycles. The highest BCUT2D eigenvalue weighted by Crippen LogP contribution is 2.42. The van der Waals surface area contributed by atoms with Crippen molar-refractivity contribution < 1.29 is 0 Å². The van der Waals surface area contributed by atoms with E-state index in [1.165, 1.54) is 6.42 Å². The van der Waals surface area contributed by atoms with E-state index in [0.717, 1.165) is 18.3 Å². The fourth-order valence-corrected chi connectivity index (χ4v) is 1.39. The molecule has 2 unspecified atom stereocenters. The van der Waals surface area contributed by atoms with Crippen molar-refractivity contribution in [1.29, 1.82) is 0 Å². The largest absolute Gasteiger partial charge is 0.313 e. The lowest BCUT2D eigenvalue weighted by Crippen LogP contribution is -2.12. The minimum Gasteiger partial charge on any atom is -0.313 e. The zero-order valence-corrected chi connectivity index (χ0v) is 7.36. The molecule has 1 N–H and O–H groups in total. The molecule has 0 aliphatic heterocycles. The SMILES string of the molecule is CNCc1nnnn1C1CC1C. The molecule has 66 valence electrons. The molecule has 0 radical (unpaired) electrons. The summed E-state index contributed by atoms with van der Waals surface area (Å²) in [5, 5.41) is 14.6. The molecule has 0 aromatic carbocycles. The van der Waals surface area contributed by atoms with Gasteiger partial charge < -0.3 is 5.32 Å². The first-order valence-corrected chi connectivity index (χ1v) is 4.24. The van der Waals surface area contributed by atoms with Crippen LogP contribution in [0.2, 0.25) is 0 Å². The topological polar surface area (TPSA) is 55.6 Å². The Labute approximate surface area is 71.1 Å². The highest BCUT2D eigenvalue weighted by Gasteiger charge is 2.36. The van der Waals surface area contributed by atoms with Crippen LogP contribution in [0.1, 0.15) is 25.2 Å². The molecule has 0 spiro atoms. The summed E-state index contributed by atoms with van der Waals surface area (Å²) >= 11 is 0. The van der Waals surface area contributed by atoms with Crippen molar-refractivity contribution in [3.63, 3.8) is 0 Å². The van der Waals surface area contributed by atoms with E-state index in [4.69, 9.17) is 0 Å². The van der Waals surface area contributed by atoms with Gasteiger partial charge in [0, 0.05) is 0 Å². The Balaban J connectivity index is 2.14. The van der Waals surface area contributed by atoms with Crippen molar-refractivity contribution in [2.45, 2.75) is 25.9 Å². The van der Waals surface area contributed by atoms with Crippen molar-refractivity contribution in [2.24, 2.45) is 5.92 Å². The van der Waals surface area contributed by atoms with Crippen molar-refractivity contribution in [2.75, 3.05) is 7.05 Å². The summed E-state index contributed by atoms with van der Waals surface area (Å²) in [6, 6.07) is 0.545. The Morgan fingerprint density at radius 1 is 1.67 bits per heavy atom. The van der Waals surface area contributed by atoms with Crippen LogP contribution in [0.3, 0.4) is 0 Å². The zero-order chi connectivity index (χ0) is 8.55. The molecule has 1 aromatic heterocycles. The van der Waals surface area contributed by atoms with Gasteiger partial charge in [0.15, 0.2) is 5.82 Å². The molecule has 2 atom stereocenters. The lowest BCUT2D eigenvalue weighted by molar-refractivity contribution is 0.544. The van der Waals surface area contributed by atoms with Crippen LogP contribution < -0.4 is 5.32 Å². The Bertz CT molecular complexity index is 269. The first-order chi connectivity index (χ1) is 5.83. The van der Waals surface area contributed by atoms with Crippen molar-refractivity contribution in [3.05, 3.63) is 5.82 Å². The molecule has 5 nitrogen and oxygen atoms in total. The third kappa shape index (κ3) is 1.20. The van der Waals surface area contributed by atoms with E-state index in [1.807, 2.05) is 11.7 Å². The standard InChI is InChI=1S/C7H13N5/c1-5-3-6(5)12-7(4-8-2)9-10-11-12/h5-6,8H,3-4H2,1-2H3. The second-order valence-electron chi connectivity index (χ2n) is 3.35. The van der Waals surface area contributed by atoms with Crippen molar-refractivity contribution in [1.82, 2.24) is 25.5 Å². The Hall–Kier alpha value is -0.970. The number of hydrogen-bond acceptors (Lipinski definition) is 4. The maximum atomic E-state index is 3.96. The second-order valence-corrected chi connectivity index (χ2v) is 3.35. The fraction of sp³-hybridized carbons (Fsp3) is 0.857. The van der Waals surface area contributed by atoms with Gasteiger partial charge in [-0.2, -0.15) is 0 Å². The van der Waals surface area contributed by atoms with Crippen LogP contribution in [0, 0.1) is 5.92 Å². The third-order valence-corrected chi connectivity index (χ3v) is 2.28. The van der Waals surface area contributed by atoms with Crippen LogP contribution in [0.15, 0.2) is 0 Å². The van der Waals surface area contributed by atoms with Gasteiger partial charge in [0.2, 0.25) is 0 Å². The highest BCUT2D eigenvalue weighted by atomic mass is 15.6. The molecule has 2 rings (SSSR count). The van der Waals surface area contributed by atoms with Gasteiger partial charge in [-0.15, -0.1) is 5.10 Å². The lowest BCUT2D eigenvalue weighted by atomic mass is 10.4. The summed E-state index contributed by atoms with van der Waals surface area (Å²) in [4.78, 5) is 0. The smallest absolute Gasteiger partial charge is 0.165 e. The van der Waals surface area contributed by atoms with Gasteiger partial charge in [0.25, 0.3) is 0 Å². The summed E-state index contributed by atoms with van der Waals surface area (Å²) in [7, 11) is 1.90. The maximum absolute atomic E-state index is 3.96. The predicted molar refractivity (Wildman–Crippen MR) is 43.4 cm³/mol. The predicted octanol–water partition coefficient (Wildman–Crippen LogP) is -0.0266. The second kappa shape index (κ2) is 2.82. The summed E-state index contributed by atoms with van der Waals surface area (Å²) < 4.78 is 1.93. The first-order valence-electron chi connectivity index (χ1n) is 4.24. The van der Waals surface area contributed by atoms with Crippen molar-refractivity contribution in [3.8, 4) is 0 Å². The van der Waals surface area contributed by atoms with Gasteiger partial charge in [0.05, 0.1) is 12.6 Å². The number of nitrogens with one attached hydrogen (secondary N) is 1. The van der Waals surface area contributed by atoms with E-state index in [-0.39, 0.29) is 0 Å². The molecule has 12 heavy (non-hydrogen) atoms. The average Bonchev–Trinajstić information content (AvgIpc) is 2.62. The van der Waals surface area contributed by atoms with E-state index in [9.17, 15) is 0 Å². The monoisotopic (exact) mass is 167 g/mol. The molecule has 1 saturated carbocycles. The molecule has 1 heterocycles. The van der Waals surface area contributed by atoms with Crippen LogP contribution in [-0.2, 0) is 6.54 Å². The van der Waals surface area contributed by atoms with Gasteiger partial charge in [-0.3, -0.25) is 0 Å². The van der Waals surface area contributed by atoms with E-state index in [2.05, 4.69) is 27.8 Å². The number of nitrogens with zero attached hydrogens (tertiary/aromatic N) is 4. The number of aromatic nitrogens is 4. The van der Waals surface area contributed by atoms with E-state index >= 15 is 0 Å². The van der Waals surface area contributed by atoms with Gasteiger partial charge >= 0.3 is 0 Å². The molecule has 0 bridgehead atoms. The van der Waals surface area contributed by atoms with Gasteiger partial charge in [-0.25, -0.2) is 4.68 Å². The van der Waals surface area contributed by atoms with Crippen LogP contribution in [0.25, 0.3) is 0 Å². The lowest BCUT2D eigenvalue weighted by Gasteiger charge is -2.00.